The Kier molecular flexibility index (Phi) is 4.29. The molecule has 0 aromatic rings. The molecule has 16 heavy (non-hydrogen) atoms. The molecule has 92 valence electrons. The maximum Gasteiger partial charge on any atom is 0.309 e. The monoisotopic (exact) mass is 228 g/mol. The van der Waals surface area contributed by atoms with Gasteiger partial charge >= 0.3 is 5.97 Å². The van der Waals surface area contributed by atoms with E-state index in [1.54, 1.807) is 11.9 Å². The van der Waals surface area contributed by atoms with E-state index in [9.17, 15) is 9.59 Å². The molecule has 0 aromatic carbocycles. The third-order valence-corrected chi connectivity index (χ3v) is 3.12. The molecule has 1 fully saturated rings. The minimum Gasteiger partial charge on any atom is -0.481 e. The molecule has 0 bridgehead atoms. The van der Waals surface area contributed by atoms with E-state index < -0.39 is 11.9 Å². The molecule has 0 aliphatic carbocycles. The van der Waals surface area contributed by atoms with Crippen molar-refractivity contribution in [2.45, 2.75) is 26.3 Å². The highest BCUT2D eigenvalue weighted by Gasteiger charge is 2.34. The molecule has 0 aromatic heterocycles. The fraction of sp³-hybridized carbons (Fsp3) is 0.818. The maximum absolute atomic E-state index is 12.0. The molecule has 5 heteroatoms. The van der Waals surface area contributed by atoms with Crippen molar-refractivity contribution in [3.8, 4) is 0 Å². The number of carboxylic acid groups (broad SMARTS) is 1. The van der Waals surface area contributed by atoms with Crippen LogP contribution in [0.3, 0.4) is 0 Å². The molecule has 1 heterocycles. The fourth-order valence-corrected chi connectivity index (χ4v) is 2.00. The Morgan fingerprint density at radius 2 is 2.12 bits per heavy atom. The van der Waals surface area contributed by atoms with Gasteiger partial charge < -0.3 is 10.0 Å². The molecule has 1 aliphatic heterocycles. The van der Waals surface area contributed by atoms with E-state index in [2.05, 4.69) is 0 Å². The average Bonchev–Trinajstić information content (AvgIpc) is 2.33. The van der Waals surface area contributed by atoms with Crippen LogP contribution in [0.15, 0.2) is 0 Å². The van der Waals surface area contributed by atoms with Crippen LogP contribution < -0.4 is 0 Å². The van der Waals surface area contributed by atoms with Crippen LogP contribution in [0, 0.1) is 5.92 Å². The summed E-state index contributed by atoms with van der Waals surface area (Å²) in [6, 6.07) is -0.226. The number of hydrogen-bond donors (Lipinski definition) is 1. The number of nitrogens with zero attached hydrogens (tertiary/aromatic N) is 2. The van der Waals surface area contributed by atoms with Crippen molar-refractivity contribution in [2.24, 2.45) is 5.92 Å². The van der Waals surface area contributed by atoms with Crippen LogP contribution in [0.4, 0.5) is 0 Å². The van der Waals surface area contributed by atoms with Gasteiger partial charge in [-0.1, -0.05) is 6.92 Å². The second kappa shape index (κ2) is 5.30. The van der Waals surface area contributed by atoms with Gasteiger partial charge in [0.05, 0.1) is 12.0 Å². The van der Waals surface area contributed by atoms with Crippen LogP contribution in [0.2, 0.25) is 0 Å². The van der Waals surface area contributed by atoms with Crippen LogP contribution >= 0.6 is 0 Å². The van der Waals surface area contributed by atoms with Gasteiger partial charge in [0.15, 0.2) is 0 Å². The first kappa shape index (κ1) is 13.0. The Morgan fingerprint density at radius 3 is 2.62 bits per heavy atom. The van der Waals surface area contributed by atoms with Crippen molar-refractivity contribution in [1.29, 1.82) is 0 Å². The summed E-state index contributed by atoms with van der Waals surface area (Å²) in [6.45, 7) is 5.22. The second-order valence-electron chi connectivity index (χ2n) is 4.43. The van der Waals surface area contributed by atoms with Gasteiger partial charge in [-0.15, -0.1) is 0 Å². The van der Waals surface area contributed by atoms with Crippen molar-refractivity contribution in [3.63, 3.8) is 0 Å². The minimum absolute atomic E-state index is 0.0353. The van der Waals surface area contributed by atoms with Crippen molar-refractivity contribution in [3.05, 3.63) is 0 Å². The Labute approximate surface area is 96.0 Å². The molecule has 0 radical (unpaired) electrons. The first-order chi connectivity index (χ1) is 7.47. The first-order valence-corrected chi connectivity index (χ1v) is 5.69. The summed E-state index contributed by atoms with van der Waals surface area (Å²) in [4.78, 5) is 26.5. The van der Waals surface area contributed by atoms with Gasteiger partial charge in [0.2, 0.25) is 5.91 Å². The number of likely N-dealkylation sites (N-methyl/N-ethyl adjacent to an activating group) is 1. The van der Waals surface area contributed by atoms with E-state index in [1.807, 2.05) is 18.7 Å². The summed E-state index contributed by atoms with van der Waals surface area (Å²) in [5.41, 5.74) is 0. The number of aliphatic carboxylic acids is 1. The van der Waals surface area contributed by atoms with Gasteiger partial charge in [-0.25, -0.2) is 0 Å². The standard InChI is InChI=1S/C11H20N2O3/c1-4-5-13-7-9(11(15)16)6-12(3)8(2)10(13)14/h8-9H,4-7H2,1-3H3,(H,15,16). The van der Waals surface area contributed by atoms with Crippen LogP contribution in [0.25, 0.3) is 0 Å². The lowest BCUT2D eigenvalue weighted by molar-refractivity contribution is -0.142. The highest BCUT2D eigenvalue weighted by atomic mass is 16.4. The SMILES string of the molecule is CCCN1CC(C(=O)O)CN(C)C(C)C1=O. The molecule has 1 rings (SSSR count). The molecule has 2 unspecified atom stereocenters. The lowest BCUT2D eigenvalue weighted by atomic mass is 10.1. The predicted molar refractivity (Wildman–Crippen MR) is 60.1 cm³/mol. The summed E-state index contributed by atoms with van der Waals surface area (Å²) in [5, 5.41) is 9.07. The van der Waals surface area contributed by atoms with Gasteiger partial charge in [-0.05, 0) is 20.4 Å². The van der Waals surface area contributed by atoms with Crippen LogP contribution in [0.1, 0.15) is 20.3 Å². The highest BCUT2D eigenvalue weighted by molar-refractivity contribution is 5.83. The van der Waals surface area contributed by atoms with E-state index in [0.29, 0.717) is 19.6 Å². The number of amides is 1. The molecule has 1 amide bonds. The van der Waals surface area contributed by atoms with E-state index in [-0.39, 0.29) is 11.9 Å². The second-order valence-corrected chi connectivity index (χ2v) is 4.43. The summed E-state index contributed by atoms with van der Waals surface area (Å²) < 4.78 is 0. The summed E-state index contributed by atoms with van der Waals surface area (Å²) >= 11 is 0. The number of carbonyl (C=O) groups is 2. The van der Waals surface area contributed by atoms with Crippen molar-refractivity contribution >= 4 is 11.9 Å². The van der Waals surface area contributed by atoms with Gasteiger partial charge in [0.25, 0.3) is 0 Å². The van der Waals surface area contributed by atoms with E-state index in [0.717, 1.165) is 6.42 Å². The molecule has 1 N–H and O–H groups in total. The van der Waals surface area contributed by atoms with E-state index in [1.165, 1.54) is 0 Å². The van der Waals surface area contributed by atoms with Crippen LogP contribution in [-0.2, 0) is 9.59 Å². The van der Waals surface area contributed by atoms with E-state index in [4.69, 9.17) is 5.11 Å². The summed E-state index contributed by atoms with van der Waals surface area (Å²) in [5.74, 6) is -1.27. The molecule has 5 nitrogen and oxygen atoms in total. The van der Waals surface area contributed by atoms with Crippen molar-refractivity contribution < 1.29 is 14.7 Å². The third kappa shape index (κ3) is 2.72. The summed E-state index contributed by atoms with van der Waals surface area (Å²) in [6.07, 6.45) is 0.856. The zero-order chi connectivity index (χ0) is 12.3. The van der Waals surface area contributed by atoms with E-state index >= 15 is 0 Å². The molecule has 2 atom stereocenters. The topological polar surface area (TPSA) is 60.9 Å². The minimum atomic E-state index is -0.824. The van der Waals surface area contributed by atoms with Gasteiger partial charge in [0, 0.05) is 19.6 Å². The molecular formula is C11H20N2O3. The highest BCUT2D eigenvalue weighted by Crippen LogP contribution is 2.14. The Morgan fingerprint density at radius 1 is 1.50 bits per heavy atom. The van der Waals surface area contributed by atoms with Gasteiger partial charge in [0.1, 0.15) is 0 Å². The zero-order valence-corrected chi connectivity index (χ0v) is 10.1. The number of rotatable bonds is 3. The normalized spacial score (nSPS) is 27.9. The molecule has 1 aliphatic rings. The number of carboxylic acids is 1. The van der Waals surface area contributed by atoms with Crippen LogP contribution in [-0.4, -0.2) is 59.5 Å². The van der Waals surface area contributed by atoms with Crippen molar-refractivity contribution in [1.82, 2.24) is 9.80 Å². The van der Waals surface area contributed by atoms with Gasteiger partial charge in [-0.3, -0.25) is 14.5 Å². The Hall–Kier alpha value is -1.10. The smallest absolute Gasteiger partial charge is 0.309 e. The first-order valence-electron chi connectivity index (χ1n) is 5.69. The predicted octanol–water partition coefficient (Wildman–Crippen LogP) is 0.260. The third-order valence-electron chi connectivity index (χ3n) is 3.12. The molecule has 0 spiro atoms. The number of carbonyl (C=O) groups excluding carboxylic acids is 1. The quantitative estimate of drug-likeness (QED) is 0.752. The molecule has 1 saturated heterocycles. The Bertz CT molecular complexity index is 280. The number of hydrogen-bond acceptors (Lipinski definition) is 3. The fourth-order valence-electron chi connectivity index (χ4n) is 2.00. The van der Waals surface area contributed by atoms with Crippen LogP contribution in [0.5, 0.6) is 0 Å². The molecular weight excluding hydrogens is 208 g/mol. The molecule has 0 saturated carbocycles. The maximum atomic E-state index is 12.0. The Balaban J connectivity index is 2.84. The largest absolute Gasteiger partial charge is 0.481 e. The summed E-state index contributed by atoms with van der Waals surface area (Å²) in [7, 11) is 1.80. The lowest BCUT2D eigenvalue weighted by Gasteiger charge is -2.24. The average molecular weight is 228 g/mol. The lowest BCUT2D eigenvalue weighted by Crippen LogP contribution is -2.42. The van der Waals surface area contributed by atoms with Crippen molar-refractivity contribution in [2.75, 3.05) is 26.7 Å². The zero-order valence-electron chi connectivity index (χ0n) is 10.1. The van der Waals surface area contributed by atoms with Gasteiger partial charge in [-0.2, -0.15) is 0 Å².